The molecule has 3 rings (SSSR count). The Balaban J connectivity index is 1.45. The van der Waals surface area contributed by atoms with Crippen LogP contribution in [0.3, 0.4) is 0 Å². The number of nitrogens with two attached hydrogens (primary N) is 1. The Bertz CT molecular complexity index is 641. The molecular weight excluding hydrogens is 311 g/mol. The van der Waals surface area contributed by atoms with Gasteiger partial charge in [-0.2, -0.15) is 0 Å². The van der Waals surface area contributed by atoms with Crippen molar-refractivity contribution >= 4 is 0 Å². The molecule has 0 bridgehead atoms. The fourth-order valence-corrected chi connectivity index (χ4v) is 2.99. The van der Waals surface area contributed by atoms with Gasteiger partial charge in [0.1, 0.15) is 44.3 Å². The van der Waals surface area contributed by atoms with Crippen molar-refractivity contribution in [3.63, 3.8) is 0 Å². The standard InChI is InChI=1S/C18H23FN2O3/c19-17-4-2-1-3-16(17)18-6-5-15(24-18)12-20-11-14(22)13-21-7-9-23-10-8-21/h1-6,14,20,22H,7-13H2/p+2/t14-/m0/s1. The molecule has 24 heavy (non-hydrogen) atoms. The molecule has 5 nitrogen and oxygen atoms in total. The lowest BCUT2D eigenvalue weighted by Gasteiger charge is -2.25. The number of benzene rings is 1. The second-order valence-electron chi connectivity index (χ2n) is 6.19. The van der Waals surface area contributed by atoms with E-state index >= 15 is 0 Å². The molecule has 1 atom stereocenters. The number of aliphatic hydroxyl groups is 1. The number of hydrogen-bond donors (Lipinski definition) is 3. The highest BCUT2D eigenvalue weighted by molar-refractivity contribution is 5.58. The number of quaternary nitrogens is 2. The molecule has 1 aromatic carbocycles. The topological polar surface area (TPSA) is 63.7 Å². The summed E-state index contributed by atoms with van der Waals surface area (Å²) in [4.78, 5) is 1.39. The molecule has 1 aliphatic heterocycles. The maximum atomic E-state index is 13.8. The van der Waals surface area contributed by atoms with Gasteiger partial charge in [-0.3, -0.25) is 0 Å². The molecule has 4 N–H and O–H groups in total. The van der Waals surface area contributed by atoms with Gasteiger partial charge in [0.25, 0.3) is 0 Å². The van der Waals surface area contributed by atoms with Crippen molar-refractivity contribution in [3.05, 3.63) is 48.0 Å². The number of aliphatic hydroxyl groups excluding tert-OH is 1. The summed E-state index contributed by atoms with van der Waals surface area (Å²) >= 11 is 0. The third-order valence-corrected chi connectivity index (χ3v) is 4.31. The highest BCUT2D eigenvalue weighted by atomic mass is 19.1. The Kier molecular flexibility index (Phi) is 5.98. The molecule has 0 saturated carbocycles. The number of morpholine rings is 1. The maximum absolute atomic E-state index is 13.8. The highest BCUT2D eigenvalue weighted by Gasteiger charge is 2.19. The monoisotopic (exact) mass is 336 g/mol. The Labute approximate surface area is 141 Å². The van der Waals surface area contributed by atoms with Crippen LogP contribution < -0.4 is 10.2 Å². The molecule has 1 aromatic heterocycles. The zero-order valence-electron chi connectivity index (χ0n) is 13.7. The van der Waals surface area contributed by atoms with Crippen molar-refractivity contribution in [2.75, 3.05) is 39.4 Å². The fourth-order valence-electron chi connectivity index (χ4n) is 2.99. The molecule has 2 aromatic rings. The zero-order chi connectivity index (χ0) is 16.8. The Hall–Kier alpha value is -1.73. The lowest BCUT2D eigenvalue weighted by atomic mass is 10.1. The molecule has 1 aliphatic rings. The summed E-state index contributed by atoms with van der Waals surface area (Å²) in [7, 11) is 0. The summed E-state index contributed by atoms with van der Waals surface area (Å²) in [5.41, 5.74) is 0.472. The highest BCUT2D eigenvalue weighted by Crippen LogP contribution is 2.24. The molecule has 0 spiro atoms. The van der Waals surface area contributed by atoms with E-state index in [1.54, 1.807) is 24.3 Å². The third-order valence-electron chi connectivity index (χ3n) is 4.31. The fraction of sp³-hybridized carbons (Fsp3) is 0.444. The molecule has 0 amide bonds. The van der Waals surface area contributed by atoms with Crippen molar-refractivity contribution in [1.29, 1.82) is 0 Å². The average Bonchev–Trinajstić information content (AvgIpc) is 3.05. The molecule has 1 saturated heterocycles. The summed E-state index contributed by atoms with van der Waals surface area (Å²) in [5, 5.41) is 12.1. The SMILES string of the molecule is O[C@@H](C[NH2+]Cc1ccc(-c2ccccc2F)o1)C[NH+]1CCOCC1. The van der Waals surface area contributed by atoms with Crippen molar-refractivity contribution in [2.24, 2.45) is 0 Å². The first-order chi connectivity index (χ1) is 11.7. The maximum Gasteiger partial charge on any atom is 0.158 e. The first-order valence-corrected chi connectivity index (χ1v) is 8.47. The van der Waals surface area contributed by atoms with Crippen LogP contribution in [0.25, 0.3) is 11.3 Å². The summed E-state index contributed by atoms with van der Waals surface area (Å²) in [6.07, 6.45) is -0.348. The predicted octanol–water partition coefficient (Wildman–Crippen LogP) is -0.575. The smallest absolute Gasteiger partial charge is 0.158 e. The van der Waals surface area contributed by atoms with Gasteiger partial charge >= 0.3 is 0 Å². The van der Waals surface area contributed by atoms with E-state index in [-0.39, 0.29) is 11.9 Å². The largest absolute Gasteiger partial charge is 0.455 e. The van der Waals surface area contributed by atoms with Gasteiger partial charge in [0.15, 0.2) is 11.9 Å². The van der Waals surface area contributed by atoms with Crippen LogP contribution >= 0.6 is 0 Å². The molecular formula is C18H25FN2O3+2. The van der Waals surface area contributed by atoms with Crippen LogP contribution in [-0.4, -0.2) is 50.6 Å². The molecule has 0 radical (unpaired) electrons. The third kappa shape index (κ3) is 4.64. The van der Waals surface area contributed by atoms with Crippen LogP contribution in [0.2, 0.25) is 0 Å². The first kappa shape index (κ1) is 17.1. The van der Waals surface area contributed by atoms with E-state index in [1.165, 1.54) is 11.0 Å². The van der Waals surface area contributed by atoms with E-state index in [0.29, 0.717) is 24.4 Å². The van der Waals surface area contributed by atoms with Crippen LogP contribution in [-0.2, 0) is 11.3 Å². The molecule has 2 heterocycles. The van der Waals surface area contributed by atoms with Crippen molar-refractivity contribution < 1.29 is 28.9 Å². The Morgan fingerprint density at radius 2 is 1.96 bits per heavy atom. The number of hydrogen-bond acceptors (Lipinski definition) is 3. The van der Waals surface area contributed by atoms with E-state index in [2.05, 4.69) is 0 Å². The van der Waals surface area contributed by atoms with Gasteiger partial charge in [-0.05, 0) is 24.3 Å². The predicted molar refractivity (Wildman–Crippen MR) is 87.0 cm³/mol. The Morgan fingerprint density at radius 3 is 2.75 bits per heavy atom. The van der Waals surface area contributed by atoms with Crippen LogP contribution in [0.1, 0.15) is 5.76 Å². The van der Waals surface area contributed by atoms with Crippen LogP contribution in [0.5, 0.6) is 0 Å². The van der Waals surface area contributed by atoms with Gasteiger partial charge in [-0.25, -0.2) is 4.39 Å². The van der Waals surface area contributed by atoms with Gasteiger partial charge in [0.2, 0.25) is 0 Å². The zero-order valence-corrected chi connectivity index (χ0v) is 13.7. The summed E-state index contributed by atoms with van der Waals surface area (Å²) < 4.78 is 24.8. The number of halogens is 1. The van der Waals surface area contributed by atoms with Crippen LogP contribution in [0, 0.1) is 5.82 Å². The summed E-state index contributed by atoms with van der Waals surface area (Å²) in [6.45, 7) is 5.47. The van der Waals surface area contributed by atoms with E-state index in [9.17, 15) is 9.50 Å². The number of nitrogens with one attached hydrogen (secondary N) is 1. The molecule has 6 heteroatoms. The normalized spacial score (nSPS) is 17.1. The van der Waals surface area contributed by atoms with Crippen LogP contribution in [0.4, 0.5) is 4.39 Å². The van der Waals surface area contributed by atoms with E-state index < -0.39 is 0 Å². The quantitative estimate of drug-likeness (QED) is 0.634. The van der Waals surface area contributed by atoms with Crippen molar-refractivity contribution in [3.8, 4) is 11.3 Å². The number of ether oxygens (including phenoxy) is 1. The lowest BCUT2D eigenvalue weighted by Crippen LogP contribution is -3.15. The summed E-state index contributed by atoms with van der Waals surface area (Å²) in [6, 6.07) is 10.2. The minimum atomic E-state index is -0.348. The molecule has 1 fully saturated rings. The van der Waals surface area contributed by atoms with Gasteiger partial charge < -0.3 is 24.5 Å². The van der Waals surface area contributed by atoms with E-state index in [0.717, 1.165) is 38.6 Å². The second-order valence-corrected chi connectivity index (χ2v) is 6.19. The molecule has 130 valence electrons. The number of furan rings is 1. The minimum absolute atomic E-state index is 0.286. The molecule has 0 unspecified atom stereocenters. The van der Waals surface area contributed by atoms with Crippen LogP contribution in [0.15, 0.2) is 40.8 Å². The molecule has 0 aliphatic carbocycles. The van der Waals surface area contributed by atoms with Crippen molar-refractivity contribution in [1.82, 2.24) is 0 Å². The number of rotatable bonds is 7. The second kappa shape index (κ2) is 8.39. The van der Waals surface area contributed by atoms with Gasteiger partial charge in [-0.15, -0.1) is 0 Å². The van der Waals surface area contributed by atoms with Gasteiger partial charge in [-0.1, -0.05) is 12.1 Å². The Morgan fingerprint density at radius 1 is 1.17 bits per heavy atom. The van der Waals surface area contributed by atoms with Gasteiger partial charge in [0, 0.05) is 0 Å². The minimum Gasteiger partial charge on any atom is -0.455 e. The lowest BCUT2D eigenvalue weighted by molar-refractivity contribution is -0.912. The first-order valence-electron chi connectivity index (χ1n) is 8.47. The van der Waals surface area contributed by atoms with E-state index in [1.807, 2.05) is 11.4 Å². The van der Waals surface area contributed by atoms with Gasteiger partial charge in [0.05, 0.1) is 18.8 Å². The average molecular weight is 336 g/mol. The summed E-state index contributed by atoms with van der Waals surface area (Å²) in [5.74, 6) is 1.03. The van der Waals surface area contributed by atoms with E-state index in [4.69, 9.17) is 9.15 Å². The van der Waals surface area contributed by atoms with Crippen molar-refractivity contribution in [2.45, 2.75) is 12.6 Å².